The van der Waals surface area contributed by atoms with Crippen molar-refractivity contribution < 1.29 is 10.2 Å². The van der Waals surface area contributed by atoms with Crippen LogP contribution in [-0.4, -0.2) is 15.8 Å². The molecule has 3 heteroatoms. The van der Waals surface area contributed by atoms with Gasteiger partial charge in [0.25, 0.3) is 0 Å². The highest BCUT2D eigenvalue weighted by molar-refractivity contribution is 5.37. The Morgan fingerprint density at radius 1 is 1.36 bits per heavy atom. The molecule has 14 heavy (non-hydrogen) atoms. The molecule has 0 bridgehead atoms. The molecule has 1 aliphatic rings. The first kappa shape index (κ1) is 9.49. The molecule has 4 N–H and O–H groups in total. The van der Waals surface area contributed by atoms with Crippen molar-refractivity contribution >= 4 is 0 Å². The summed E-state index contributed by atoms with van der Waals surface area (Å²) in [5.41, 5.74) is 7.54. The van der Waals surface area contributed by atoms with Crippen LogP contribution in [0, 0.1) is 0 Å². The molecular formula is C11H15NO2. The molecule has 1 aliphatic carbocycles. The summed E-state index contributed by atoms with van der Waals surface area (Å²) in [6, 6.07) is 5.35. The molecule has 2 rings (SSSR count). The molecule has 0 radical (unpaired) electrons. The van der Waals surface area contributed by atoms with Gasteiger partial charge in [0.15, 0.2) is 0 Å². The van der Waals surface area contributed by atoms with Gasteiger partial charge in [0.05, 0.1) is 6.61 Å². The van der Waals surface area contributed by atoms with Gasteiger partial charge in [0, 0.05) is 11.1 Å². The van der Waals surface area contributed by atoms with E-state index in [0.29, 0.717) is 5.56 Å². The van der Waals surface area contributed by atoms with Gasteiger partial charge in [0.1, 0.15) is 5.75 Å². The number of hydrogen-bond donors (Lipinski definition) is 3. The van der Waals surface area contributed by atoms with Gasteiger partial charge in [-0.25, -0.2) is 0 Å². The Morgan fingerprint density at radius 3 is 2.57 bits per heavy atom. The van der Waals surface area contributed by atoms with Crippen LogP contribution in [0.1, 0.15) is 24.0 Å². The number of benzene rings is 1. The highest BCUT2D eigenvalue weighted by atomic mass is 16.3. The molecule has 0 saturated heterocycles. The third-order valence-corrected chi connectivity index (χ3v) is 2.77. The fraction of sp³-hybridized carbons (Fsp3) is 0.455. The van der Waals surface area contributed by atoms with E-state index in [2.05, 4.69) is 0 Å². The van der Waals surface area contributed by atoms with Crippen LogP contribution in [0.3, 0.4) is 0 Å². The second-order valence-electron chi connectivity index (χ2n) is 4.16. The molecule has 1 fully saturated rings. The standard InChI is InChI=1S/C11H15NO2/c12-11(3-4-11)6-8-1-2-9(7-13)10(14)5-8/h1-2,5,13-14H,3-4,6-7,12H2. The van der Waals surface area contributed by atoms with E-state index in [1.807, 2.05) is 6.07 Å². The molecule has 1 saturated carbocycles. The predicted octanol–water partition coefficient (Wildman–Crippen LogP) is 0.918. The zero-order chi connectivity index (χ0) is 10.2. The van der Waals surface area contributed by atoms with Crippen molar-refractivity contribution in [2.75, 3.05) is 0 Å². The van der Waals surface area contributed by atoms with Gasteiger partial charge in [-0.1, -0.05) is 12.1 Å². The van der Waals surface area contributed by atoms with Gasteiger partial charge >= 0.3 is 0 Å². The van der Waals surface area contributed by atoms with Gasteiger partial charge in [-0.2, -0.15) is 0 Å². The number of aliphatic hydroxyl groups is 1. The summed E-state index contributed by atoms with van der Waals surface area (Å²) in [4.78, 5) is 0. The topological polar surface area (TPSA) is 66.5 Å². The summed E-state index contributed by atoms with van der Waals surface area (Å²) in [5, 5.41) is 18.4. The number of phenols is 1. The van der Waals surface area contributed by atoms with E-state index in [1.54, 1.807) is 12.1 Å². The minimum Gasteiger partial charge on any atom is -0.508 e. The summed E-state index contributed by atoms with van der Waals surface area (Å²) in [6.45, 7) is -0.125. The molecule has 1 aromatic carbocycles. The first-order valence-electron chi connectivity index (χ1n) is 4.83. The Labute approximate surface area is 83.2 Å². The SMILES string of the molecule is NC1(Cc2ccc(CO)c(O)c2)CC1. The van der Waals surface area contributed by atoms with Crippen molar-refractivity contribution in [1.82, 2.24) is 0 Å². The maximum Gasteiger partial charge on any atom is 0.121 e. The Balaban J connectivity index is 2.15. The summed E-state index contributed by atoms with van der Waals surface area (Å²) in [7, 11) is 0. The Hall–Kier alpha value is -1.06. The van der Waals surface area contributed by atoms with Crippen molar-refractivity contribution in [2.45, 2.75) is 31.4 Å². The van der Waals surface area contributed by atoms with Crippen molar-refractivity contribution in [3.8, 4) is 5.75 Å². The van der Waals surface area contributed by atoms with Gasteiger partial charge in [0.2, 0.25) is 0 Å². The molecule has 0 spiro atoms. The first-order valence-corrected chi connectivity index (χ1v) is 4.83. The van der Waals surface area contributed by atoms with E-state index in [4.69, 9.17) is 10.8 Å². The van der Waals surface area contributed by atoms with Gasteiger partial charge in [-0.05, 0) is 30.9 Å². The number of hydrogen-bond acceptors (Lipinski definition) is 3. The fourth-order valence-corrected chi connectivity index (χ4v) is 1.60. The largest absolute Gasteiger partial charge is 0.508 e. The predicted molar refractivity (Wildman–Crippen MR) is 53.9 cm³/mol. The van der Waals surface area contributed by atoms with E-state index >= 15 is 0 Å². The fourth-order valence-electron chi connectivity index (χ4n) is 1.60. The van der Waals surface area contributed by atoms with E-state index in [9.17, 15) is 5.11 Å². The Bertz CT molecular complexity index is 345. The Morgan fingerprint density at radius 2 is 2.07 bits per heavy atom. The molecule has 3 nitrogen and oxygen atoms in total. The maximum absolute atomic E-state index is 9.51. The lowest BCUT2D eigenvalue weighted by molar-refractivity contribution is 0.275. The lowest BCUT2D eigenvalue weighted by Gasteiger charge is -2.09. The third kappa shape index (κ3) is 1.89. The monoisotopic (exact) mass is 193 g/mol. The summed E-state index contributed by atoms with van der Waals surface area (Å²) in [5.74, 6) is 0.161. The molecule has 1 aromatic rings. The molecule has 0 heterocycles. The van der Waals surface area contributed by atoms with Gasteiger partial charge in [-0.15, -0.1) is 0 Å². The highest BCUT2D eigenvalue weighted by Crippen LogP contribution is 2.36. The normalized spacial score (nSPS) is 18.1. The smallest absolute Gasteiger partial charge is 0.121 e. The number of nitrogens with two attached hydrogens (primary N) is 1. The van der Waals surface area contributed by atoms with Crippen LogP contribution in [0.15, 0.2) is 18.2 Å². The summed E-state index contributed by atoms with van der Waals surface area (Å²) in [6.07, 6.45) is 2.94. The third-order valence-electron chi connectivity index (χ3n) is 2.77. The highest BCUT2D eigenvalue weighted by Gasteiger charge is 2.37. The number of rotatable bonds is 3. The van der Waals surface area contributed by atoms with Crippen LogP contribution in [0.4, 0.5) is 0 Å². The molecule has 0 unspecified atom stereocenters. The zero-order valence-electron chi connectivity index (χ0n) is 8.03. The van der Waals surface area contributed by atoms with Crippen LogP contribution >= 0.6 is 0 Å². The van der Waals surface area contributed by atoms with E-state index in [0.717, 1.165) is 24.8 Å². The van der Waals surface area contributed by atoms with E-state index in [-0.39, 0.29) is 17.9 Å². The molecule has 0 amide bonds. The lowest BCUT2D eigenvalue weighted by atomic mass is 10.0. The number of aromatic hydroxyl groups is 1. The van der Waals surface area contributed by atoms with Crippen LogP contribution in [-0.2, 0) is 13.0 Å². The average molecular weight is 193 g/mol. The second-order valence-corrected chi connectivity index (χ2v) is 4.16. The molecular weight excluding hydrogens is 178 g/mol. The minimum absolute atomic E-state index is 0.0346. The quantitative estimate of drug-likeness (QED) is 0.668. The first-order chi connectivity index (χ1) is 6.63. The molecule has 76 valence electrons. The van der Waals surface area contributed by atoms with Crippen molar-refractivity contribution in [3.63, 3.8) is 0 Å². The minimum atomic E-state index is -0.125. The molecule has 0 aliphatic heterocycles. The Kier molecular flexibility index (Phi) is 2.21. The van der Waals surface area contributed by atoms with Crippen LogP contribution in [0.25, 0.3) is 0 Å². The van der Waals surface area contributed by atoms with Crippen molar-refractivity contribution in [1.29, 1.82) is 0 Å². The zero-order valence-corrected chi connectivity index (χ0v) is 8.03. The van der Waals surface area contributed by atoms with Gasteiger partial charge in [-0.3, -0.25) is 0 Å². The molecule has 0 atom stereocenters. The summed E-state index contributed by atoms with van der Waals surface area (Å²) < 4.78 is 0. The molecule has 0 aromatic heterocycles. The second kappa shape index (κ2) is 3.26. The lowest BCUT2D eigenvalue weighted by Crippen LogP contribution is -2.24. The number of aliphatic hydroxyl groups excluding tert-OH is 1. The van der Waals surface area contributed by atoms with Gasteiger partial charge < -0.3 is 15.9 Å². The summed E-state index contributed by atoms with van der Waals surface area (Å²) >= 11 is 0. The van der Waals surface area contributed by atoms with Crippen LogP contribution < -0.4 is 5.73 Å². The van der Waals surface area contributed by atoms with E-state index in [1.165, 1.54) is 0 Å². The maximum atomic E-state index is 9.51. The van der Waals surface area contributed by atoms with Crippen LogP contribution in [0.5, 0.6) is 5.75 Å². The van der Waals surface area contributed by atoms with E-state index < -0.39 is 0 Å². The van der Waals surface area contributed by atoms with Crippen molar-refractivity contribution in [2.24, 2.45) is 5.73 Å². The van der Waals surface area contributed by atoms with Crippen molar-refractivity contribution in [3.05, 3.63) is 29.3 Å². The van der Waals surface area contributed by atoms with Crippen LogP contribution in [0.2, 0.25) is 0 Å². The average Bonchev–Trinajstić information content (AvgIpc) is 2.84.